The predicted octanol–water partition coefficient (Wildman–Crippen LogP) is 7.13. The van der Waals surface area contributed by atoms with Crippen molar-refractivity contribution >= 4 is 43.2 Å². The van der Waals surface area contributed by atoms with Gasteiger partial charge in [0.2, 0.25) is 0 Å². The van der Waals surface area contributed by atoms with Gasteiger partial charge in [-0.25, -0.2) is 9.18 Å². The smallest absolute Gasteiger partial charge is 0.459 e. The number of alkyl halides is 21. The van der Waals surface area contributed by atoms with Crippen LogP contribution in [0.15, 0.2) is 0 Å². The number of aliphatic hydroxyl groups excluding tert-OH is 1. The second-order valence-corrected chi connectivity index (χ2v) is 14.3. The van der Waals surface area contributed by atoms with E-state index in [4.69, 9.17) is 0 Å². The molecule has 0 aromatic heterocycles. The molecule has 6 unspecified atom stereocenters. The summed E-state index contributed by atoms with van der Waals surface area (Å²) >= 11 is -3.13. The van der Waals surface area contributed by atoms with Gasteiger partial charge in [-0.2, -0.15) is 83.4 Å². The lowest BCUT2D eigenvalue weighted by molar-refractivity contribution is -0.362. The lowest BCUT2D eigenvalue weighted by Gasteiger charge is -2.31. The molecule has 0 radical (unpaired) electrons. The highest BCUT2D eigenvalue weighted by Crippen LogP contribution is 2.52. The molecular weight excluding hydrogens is 1000 g/mol. The quantitative estimate of drug-likeness (QED) is 0.0351. The number of carbonyl (C=O) groups is 3. The molecule has 0 aliphatic rings. The molecule has 1 N–H and O–H groups in total. The molecule has 31 heteroatoms. The number of rotatable bonds is 24. The van der Waals surface area contributed by atoms with Crippen molar-refractivity contribution in [3.05, 3.63) is 0 Å². The summed E-state index contributed by atoms with van der Waals surface area (Å²) in [7, 11) is 0. The van der Waals surface area contributed by atoms with Gasteiger partial charge in [-0.05, 0) is 20.8 Å². The van der Waals surface area contributed by atoms with Gasteiger partial charge in [0.1, 0.15) is 44.1 Å². The van der Waals surface area contributed by atoms with Crippen molar-refractivity contribution in [3.8, 4) is 0 Å². The Morgan fingerprint density at radius 3 is 1.17 bits per heavy atom. The Balaban J connectivity index is 5.93. The van der Waals surface area contributed by atoms with Gasteiger partial charge >= 0.3 is 69.7 Å². The van der Waals surface area contributed by atoms with Crippen LogP contribution in [0.5, 0.6) is 0 Å². The fourth-order valence-corrected chi connectivity index (χ4v) is 4.87. The van der Waals surface area contributed by atoms with Crippen LogP contribution in [-0.2, 0) is 42.8 Å². The minimum absolute atomic E-state index is 0.673. The third-order valence-corrected chi connectivity index (χ3v) is 9.27. The number of carbonyl (C=O) groups excluding carboxylic acids is 3. The molecule has 6 atom stereocenters. The molecule has 10 nitrogen and oxygen atoms in total. The number of ether oxygens (including phenoxy) is 6. The third kappa shape index (κ3) is 14.8. The second-order valence-electron chi connectivity index (χ2n) is 12.1. The summed E-state index contributed by atoms with van der Waals surface area (Å²) in [5.74, 6) is -38.7. The monoisotopic (exact) mass is 1030 g/mol. The SMILES string of the molecule is C=IC(F)(C(F)(F)F)C(F)(F)COCC(C)OC(=O)C(O)C(CC(=O)OC(C)COCC(F)(F)C(F)(F)C(F)(F)F)C(=O)OC(C)COCC(F)(F)C(F)(F)C(F)(F)F. The molecule has 0 saturated carbocycles. The van der Waals surface area contributed by atoms with Crippen LogP contribution in [0.4, 0.5) is 87.8 Å². The largest absolute Gasteiger partial charge is 0.460 e. The van der Waals surface area contributed by atoms with Crippen molar-refractivity contribution in [1.82, 2.24) is 0 Å². The first-order chi connectivity index (χ1) is 26.2. The van der Waals surface area contributed by atoms with E-state index in [2.05, 4.69) is 32.9 Å². The maximum Gasteiger partial charge on any atom is 0.459 e. The van der Waals surface area contributed by atoms with Crippen LogP contribution in [0.3, 0.4) is 0 Å². The summed E-state index contributed by atoms with van der Waals surface area (Å²) in [6.07, 6.45) is -30.0. The minimum Gasteiger partial charge on any atom is -0.460 e. The van der Waals surface area contributed by atoms with E-state index >= 15 is 0 Å². The van der Waals surface area contributed by atoms with Crippen LogP contribution in [0, 0.1) is 5.92 Å². The Morgan fingerprint density at radius 1 is 0.525 bits per heavy atom. The van der Waals surface area contributed by atoms with Crippen molar-refractivity contribution in [2.45, 2.75) is 103 Å². The molecule has 0 rings (SSSR count). The topological polar surface area (TPSA) is 127 Å². The summed E-state index contributed by atoms with van der Waals surface area (Å²) in [5.41, 5.74) is 0. The van der Waals surface area contributed by atoms with Gasteiger partial charge in [0, 0.05) is 0 Å². The first kappa shape index (κ1) is 56.5. The van der Waals surface area contributed by atoms with Crippen molar-refractivity contribution in [2.75, 3.05) is 39.6 Å². The number of hydrogen-bond donors (Lipinski definition) is 1. The van der Waals surface area contributed by atoms with E-state index < -0.39 is 167 Å². The van der Waals surface area contributed by atoms with E-state index in [-0.39, 0.29) is 0 Å². The zero-order valence-electron chi connectivity index (χ0n) is 29.6. The summed E-state index contributed by atoms with van der Waals surface area (Å²) in [6, 6.07) is 0. The summed E-state index contributed by atoms with van der Waals surface area (Å²) in [4.78, 5) is 37.9. The fraction of sp³-hybridized carbons (Fsp3) is 0.857. The average Bonchev–Trinajstić information content (AvgIpc) is 3.04. The van der Waals surface area contributed by atoms with E-state index in [1.807, 2.05) is 0 Å². The van der Waals surface area contributed by atoms with Gasteiger partial charge < -0.3 is 33.5 Å². The van der Waals surface area contributed by atoms with E-state index in [0.717, 1.165) is 13.8 Å². The van der Waals surface area contributed by atoms with Crippen molar-refractivity contribution in [1.29, 1.82) is 0 Å². The fourth-order valence-electron chi connectivity index (χ4n) is 3.72. The molecule has 350 valence electrons. The highest BCUT2D eigenvalue weighted by Gasteiger charge is 2.74. The third-order valence-electron chi connectivity index (χ3n) is 6.82. The molecule has 0 heterocycles. The number of hydrogen-bond acceptors (Lipinski definition) is 10. The van der Waals surface area contributed by atoms with E-state index in [1.165, 1.54) is 0 Å². The van der Waals surface area contributed by atoms with Crippen LogP contribution in [-0.4, -0.2) is 143 Å². The van der Waals surface area contributed by atoms with E-state index in [0.29, 0.717) is 6.92 Å². The van der Waals surface area contributed by atoms with E-state index in [9.17, 15) is 107 Å². The van der Waals surface area contributed by atoms with Crippen molar-refractivity contribution in [2.24, 2.45) is 5.92 Å². The highest BCUT2D eigenvalue weighted by atomic mass is 127. The van der Waals surface area contributed by atoms with Crippen LogP contribution < -0.4 is 0 Å². The predicted molar refractivity (Wildman–Crippen MR) is 161 cm³/mol. The molecular formula is C28H31F20IO10. The highest BCUT2D eigenvalue weighted by molar-refractivity contribution is 14.2. The lowest BCUT2D eigenvalue weighted by Crippen LogP contribution is -2.54. The van der Waals surface area contributed by atoms with Crippen molar-refractivity contribution in [3.63, 3.8) is 0 Å². The first-order valence-electron chi connectivity index (χ1n) is 15.3. The van der Waals surface area contributed by atoms with E-state index in [1.54, 1.807) is 0 Å². The molecule has 0 bridgehead atoms. The Bertz CT molecular complexity index is 1410. The Labute approximate surface area is 327 Å². The molecule has 0 aliphatic carbocycles. The lowest BCUT2D eigenvalue weighted by atomic mass is 9.98. The summed E-state index contributed by atoms with van der Waals surface area (Å²) in [5, 5.41) is 10.5. The summed E-state index contributed by atoms with van der Waals surface area (Å²) < 4.78 is 284. The molecule has 0 saturated heterocycles. The number of aliphatic hydroxyl groups is 1. The van der Waals surface area contributed by atoms with Gasteiger partial charge in [0.05, 0.1) is 26.2 Å². The summed E-state index contributed by atoms with van der Waals surface area (Å²) in [6.45, 7) is -9.51. The van der Waals surface area contributed by atoms with Crippen LogP contribution in [0.2, 0.25) is 0 Å². The standard InChI is InChI=1S/C28H31F20IO10/c1-12(6-54-9-20(29,30)23(35,36)26(40,41)42)57-16(50)5-15(18(52)58-13(2)7-55-10-21(31,32)24(37,38)27(43,44)45)17(51)19(53)59-14(3)8-56-11-22(33,34)25(39,49-4)28(46,47)48/h12-15,17,51H,4-11H2,1-3H3. The van der Waals surface area contributed by atoms with Crippen LogP contribution in [0.1, 0.15) is 27.2 Å². The van der Waals surface area contributed by atoms with Gasteiger partial charge in [-0.1, -0.05) is 25.2 Å². The Hall–Kier alpha value is -2.55. The average molecular weight is 1030 g/mol. The first-order valence-corrected chi connectivity index (χ1v) is 18.0. The maximum absolute atomic E-state index is 14.1. The van der Waals surface area contributed by atoms with Gasteiger partial charge in [-0.15, -0.1) is 0 Å². The van der Waals surface area contributed by atoms with Gasteiger partial charge in [0.15, 0.2) is 6.10 Å². The number of halogens is 21. The second kappa shape index (κ2) is 20.5. The van der Waals surface area contributed by atoms with Gasteiger partial charge in [-0.3, -0.25) is 9.59 Å². The molecule has 0 aromatic carbocycles. The zero-order valence-corrected chi connectivity index (χ0v) is 31.8. The molecule has 0 amide bonds. The molecule has 0 aromatic rings. The molecule has 0 fully saturated rings. The van der Waals surface area contributed by atoms with Gasteiger partial charge in [0.25, 0.3) is 0 Å². The molecule has 0 spiro atoms. The normalized spacial score (nSPS) is 17.6. The molecule has 0 aliphatic heterocycles. The van der Waals surface area contributed by atoms with Crippen LogP contribution in [0.25, 0.3) is 0 Å². The Morgan fingerprint density at radius 2 is 0.847 bits per heavy atom. The molecule has 59 heavy (non-hydrogen) atoms. The zero-order chi connectivity index (χ0) is 47.0. The van der Waals surface area contributed by atoms with Crippen molar-refractivity contribution < 1.29 is 136 Å². The number of esters is 3. The Kier molecular flexibility index (Phi) is 19.7. The van der Waals surface area contributed by atoms with Crippen LogP contribution >= 0.6 is 20.7 Å². The minimum atomic E-state index is -6.77. The maximum atomic E-state index is 14.1.